The lowest BCUT2D eigenvalue weighted by atomic mass is 9.75. The Hall–Kier alpha value is -3.45. The molecule has 2 fully saturated rings. The monoisotopic (exact) mass is 500 g/mol. The second kappa shape index (κ2) is 9.30. The first-order valence-corrected chi connectivity index (χ1v) is 11.6. The molecule has 0 atom stereocenters. The van der Waals surface area contributed by atoms with Gasteiger partial charge in [0.25, 0.3) is 5.91 Å². The summed E-state index contributed by atoms with van der Waals surface area (Å²) in [5.74, 6) is -0.375. The number of rotatable bonds is 6. The molecule has 2 amide bonds. The summed E-state index contributed by atoms with van der Waals surface area (Å²) in [6.07, 6.45) is -1.01. The number of amides is 2. The maximum atomic E-state index is 13.5. The molecule has 1 saturated carbocycles. The number of anilines is 2. The van der Waals surface area contributed by atoms with Crippen LogP contribution in [0.15, 0.2) is 42.5 Å². The second-order valence-corrected chi connectivity index (χ2v) is 9.01. The number of nitrogens with one attached hydrogen (secondary N) is 1. The summed E-state index contributed by atoms with van der Waals surface area (Å²) >= 11 is 5.64. The van der Waals surface area contributed by atoms with E-state index in [-0.39, 0.29) is 22.6 Å². The minimum atomic E-state index is -4.73. The van der Waals surface area contributed by atoms with Crippen molar-refractivity contribution < 1.29 is 22.8 Å². The van der Waals surface area contributed by atoms with Gasteiger partial charge < -0.3 is 10.2 Å². The van der Waals surface area contributed by atoms with Gasteiger partial charge in [0.05, 0.1) is 12.1 Å². The van der Waals surface area contributed by atoms with Crippen molar-refractivity contribution in [1.82, 2.24) is 5.32 Å². The van der Waals surface area contributed by atoms with Gasteiger partial charge in [0.15, 0.2) is 10.8 Å². The third kappa shape index (κ3) is 4.36. The highest BCUT2D eigenvalue weighted by Gasteiger charge is 2.59. The quantitative estimate of drug-likeness (QED) is 0.427. The van der Waals surface area contributed by atoms with Gasteiger partial charge in [-0.3, -0.25) is 14.5 Å². The van der Waals surface area contributed by atoms with E-state index in [0.29, 0.717) is 37.8 Å². The van der Waals surface area contributed by atoms with Crippen LogP contribution in [0.1, 0.15) is 43.2 Å². The summed E-state index contributed by atoms with van der Waals surface area (Å²) in [4.78, 5) is 30.8. The molecule has 182 valence electrons. The Balaban J connectivity index is 1.64. The van der Waals surface area contributed by atoms with Crippen molar-refractivity contribution in [3.8, 4) is 0 Å². The van der Waals surface area contributed by atoms with Gasteiger partial charge in [0.2, 0.25) is 5.91 Å². The molecule has 4 rings (SSSR count). The Morgan fingerprint density at radius 3 is 2.37 bits per heavy atom. The van der Waals surface area contributed by atoms with Gasteiger partial charge in [-0.05, 0) is 74.2 Å². The van der Waals surface area contributed by atoms with Gasteiger partial charge >= 0.3 is 6.18 Å². The normalized spacial score (nSPS) is 16.9. The number of carbonyl (C=O) groups excluding carboxylic acids is 2. The maximum absolute atomic E-state index is 13.5. The fourth-order valence-corrected chi connectivity index (χ4v) is 5.05. The van der Waals surface area contributed by atoms with Crippen LogP contribution in [0.2, 0.25) is 0 Å². The third-order valence-corrected chi connectivity index (χ3v) is 6.96. The SMILES string of the molecule is [C-]#[N+]c1ccc(N2C(=O)C3(CCC3)N(c3ccc(CCCC(=O)NC)cc3)C2=S)cc1C(F)(F)F. The predicted octanol–water partition coefficient (Wildman–Crippen LogP) is 5.39. The molecule has 35 heavy (non-hydrogen) atoms. The van der Waals surface area contributed by atoms with Crippen LogP contribution in [0.3, 0.4) is 0 Å². The second-order valence-electron chi connectivity index (χ2n) is 8.65. The van der Waals surface area contributed by atoms with Crippen molar-refractivity contribution in [1.29, 1.82) is 0 Å². The third-order valence-electron chi connectivity index (χ3n) is 6.60. The van der Waals surface area contributed by atoms with Crippen LogP contribution in [0, 0.1) is 6.57 Å². The van der Waals surface area contributed by atoms with Crippen molar-refractivity contribution in [3.63, 3.8) is 0 Å². The van der Waals surface area contributed by atoms with Crippen LogP contribution in [0.5, 0.6) is 0 Å². The summed E-state index contributed by atoms with van der Waals surface area (Å²) in [5.41, 5.74) is -0.829. The number of hydrogen-bond donors (Lipinski definition) is 1. The highest BCUT2D eigenvalue weighted by molar-refractivity contribution is 7.81. The molecule has 0 aromatic heterocycles. The van der Waals surface area contributed by atoms with E-state index in [4.69, 9.17) is 18.8 Å². The predicted molar refractivity (Wildman–Crippen MR) is 130 cm³/mol. The number of nitrogens with zero attached hydrogens (tertiary/aromatic N) is 3. The summed E-state index contributed by atoms with van der Waals surface area (Å²) in [5, 5.41) is 2.71. The van der Waals surface area contributed by atoms with E-state index in [1.54, 1.807) is 11.9 Å². The Bertz CT molecular complexity index is 1220. The van der Waals surface area contributed by atoms with Crippen LogP contribution >= 0.6 is 12.2 Å². The van der Waals surface area contributed by atoms with Crippen molar-refractivity contribution >= 4 is 46.2 Å². The van der Waals surface area contributed by atoms with Gasteiger partial charge in [0, 0.05) is 24.8 Å². The lowest BCUT2D eigenvalue weighted by Gasteiger charge is -2.43. The highest BCUT2D eigenvalue weighted by Crippen LogP contribution is 2.48. The molecule has 2 aromatic carbocycles. The maximum Gasteiger partial charge on any atom is 0.407 e. The van der Waals surface area contributed by atoms with Gasteiger partial charge in [-0.15, -0.1) is 0 Å². The molecule has 0 unspecified atom stereocenters. The summed E-state index contributed by atoms with van der Waals surface area (Å²) in [6, 6.07) is 10.7. The first-order chi connectivity index (χ1) is 16.6. The molecular weight excluding hydrogens is 477 g/mol. The lowest BCUT2D eigenvalue weighted by Crippen LogP contribution is -2.55. The number of benzene rings is 2. The van der Waals surface area contributed by atoms with Gasteiger partial charge in [0.1, 0.15) is 5.54 Å². The van der Waals surface area contributed by atoms with E-state index in [1.165, 1.54) is 6.07 Å². The highest BCUT2D eigenvalue weighted by atomic mass is 32.1. The number of carbonyl (C=O) groups is 2. The molecule has 1 aliphatic carbocycles. The summed E-state index contributed by atoms with van der Waals surface area (Å²) in [7, 11) is 1.60. The van der Waals surface area contributed by atoms with Crippen molar-refractivity contribution in [3.05, 3.63) is 65.0 Å². The Labute approximate surface area is 206 Å². The molecule has 1 saturated heterocycles. The topological polar surface area (TPSA) is 57.0 Å². The van der Waals surface area contributed by atoms with Gasteiger partial charge in [-0.2, -0.15) is 13.2 Å². The van der Waals surface area contributed by atoms with Crippen molar-refractivity contribution in [2.75, 3.05) is 16.8 Å². The fraction of sp³-hybridized carbons (Fsp3) is 0.360. The fourth-order valence-electron chi connectivity index (χ4n) is 4.59. The Morgan fingerprint density at radius 2 is 1.83 bits per heavy atom. The van der Waals surface area contributed by atoms with E-state index < -0.39 is 23.0 Å². The molecule has 6 nitrogen and oxygen atoms in total. The Morgan fingerprint density at radius 1 is 1.17 bits per heavy atom. The van der Waals surface area contributed by atoms with Crippen LogP contribution in [-0.4, -0.2) is 29.5 Å². The minimum Gasteiger partial charge on any atom is -0.359 e. The number of aryl methyl sites for hydroxylation is 1. The van der Waals surface area contributed by atoms with E-state index >= 15 is 0 Å². The molecular formula is C25H23F3N4O2S. The smallest absolute Gasteiger partial charge is 0.359 e. The van der Waals surface area contributed by atoms with E-state index in [9.17, 15) is 22.8 Å². The lowest BCUT2D eigenvalue weighted by molar-refractivity contribution is -0.137. The Kier molecular flexibility index (Phi) is 6.56. The largest absolute Gasteiger partial charge is 0.407 e. The van der Waals surface area contributed by atoms with Crippen molar-refractivity contribution in [2.45, 2.75) is 50.2 Å². The zero-order valence-corrected chi connectivity index (χ0v) is 19.8. The summed E-state index contributed by atoms with van der Waals surface area (Å²) < 4.78 is 40.6. The van der Waals surface area contributed by atoms with Gasteiger partial charge in [-0.1, -0.05) is 18.2 Å². The van der Waals surface area contributed by atoms with Crippen LogP contribution in [-0.2, 0) is 22.2 Å². The zero-order chi connectivity index (χ0) is 25.4. The molecule has 0 bridgehead atoms. The van der Waals surface area contributed by atoms with Crippen molar-refractivity contribution in [2.24, 2.45) is 0 Å². The van der Waals surface area contributed by atoms with E-state index in [1.807, 2.05) is 24.3 Å². The summed E-state index contributed by atoms with van der Waals surface area (Å²) in [6.45, 7) is 7.05. The van der Waals surface area contributed by atoms with E-state index in [2.05, 4.69) is 10.2 Å². The molecule has 1 aliphatic heterocycles. The first kappa shape index (κ1) is 24.7. The number of hydrogen-bond acceptors (Lipinski definition) is 3. The number of halogens is 3. The van der Waals surface area contributed by atoms with Gasteiger partial charge in [-0.25, -0.2) is 4.85 Å². The van der Waals surface area contributed by atoms with Crippen LogP contribution in [0.25, 0.3) is 4.85 Å². The van der Waals surface area contributed by atoms with Crippen LogP contribution < -0.4 is 15.1 Å². The van der Waals surface area contributed by atoms with Crippen LogP contribution in [0.4, 0.5) is 30.2 Å². The minimum absolute atomic E-state index is 0.000629. The molecule has 1 N–H and O–H groups in total. The molecule has 2 aliphatic rings. The molecule has 10 heteroatoms. The zero-order valence-electron chi connectivity index (χ0n) is 19.0. The van der Waals surface area contributed by atoms with E-state index in [0.717, 1.165) is 29.0 Å². The first-order valence-electron chi connectivity index (χ1n) is 11.2. The number of thiocarbonyl (C=S) groups is 1. The standard InChI is InChI=1S/C25H23F3N4O2S/c1-29-20-12-11-18(15-19(20)25(26,27)28)31-22(34)24(13-4-14-24)32(23(31)35)17-9-7-16(8-10-17)5-3-6-21(33)30-2/h7-12,15H,3-6,13-14H2,2H3,(H,30,33). The average Bonchev–Trinajstić information content (AvgIpc) is 3.05. The molecule has 0 radical (unpaired) electrons. The molecule has 1 spiro atoms. The number of alkyl halides is 3. The molecule has 1 heterocycles. The average molecular weight is 501 g/mol. The molecule has 2 aromatic rings.